The second-order valence-electron chi connectivity index (χ2n) is 6.43. The van der Waals surface area contributed by atoms with Gasteiger partial charge in [0.15, 0.2) is 18.2 Å². The van der Waals surface area contributed by atoms with Gasteiger partial charge in [0.25, 0.3) is 5.91 Å². The molecule has 0 bridgehead atoms. The van der Waals surface area contributed by atoms with Crippen molar-refractivity contribution in [3.63, 3.8) is 0 Å². The summed E-state index contributed by atoms with van der Waals surface area (Å²) in [6.45, 7) is 0.676. The van der Waals surface area contributed by atoms with Crippen LogP contribution in [0.2, 0.25) is 10.0 Å². The molecule has 0 atom stereocenters. The number of benzene rings is 2. The molecule has 0 saturated heterocycles. The molecule has 30 heavy (non-hydrogen) atoms. The Balaban J connectivity index is 1.34. The summed E-state index contributed by atoms with van der Waals surface area (Å²) in [6.07, 6.45) is 3.44. The summed E-state index contributed by atoms with van der Waals surface area (Å²) >= 11 is 12.1. The summed E-state index contributed by atoms with van der Waals surface area (Å²) in [7, 11) is 0. The zero-order valence-electron chi connectivity index (χ0n) is 15.7. The highest BCUT2D eigenvalue weighted by atomic mass is 35.5. The van der Waals surface area contributed by atoms with E-state index in [0.29, 0.717) is 28.2 Å². The van der Waals surface area contributed by atoms with Gasteiger partial charge >= 0.3 is 0 Å². The quantitative estimate of drug-likeness (QED) is 0.450. The molecular formula is C21H17Cl2N5O2. The Morgan fingerprint density at radius 3 is 2.63 bits per heavy atom. The Bertz CT molecular complexity index is 1170. The zero-order chi connectivity index (χ0) is 20.9. The molecule has 2 aromatic carbocycles. The van der Waals surface area contributed by atoms with E-state index in [1.807, 2.05) is 36.4 Å². The molecule has 2 heterocycles. The molecule has 0 radical (unpaired) electrons. The Kier molecular flexibility index (Phi) is 6.02. The van der Waals surface area contributed by atoms with Crippen molar-refractivity contribution >= 4 is 34.9 Å². The van der Waals surface area contributed by atoms with Crippen molar-refractivity contribution in [2.75, 3.05) is 5.32 Å². The van der Waals surface area contributed by atoms with Crippen LogP contribution in [0.3, 0.4) is 0 Å². The smallest absolute Gasteiger partial charge is 0.277 e. The predicted octanol–water partition coefficient (Wildman–Crippen LogP) is 4.72. The third kappa shape index (κ3) is 5.00. The first kappa shape index (κ1) is 20.0. The van der Waals surface area contributed by atoms with Crippen LogP contribution in [0.1, 0.15) is 16.1 Å². The minimum absolute atomic E-state index is 0.130. The first-order valence-electron chi connectivity index (χ1n) is 9.07. The van der Waals surface area contributed by atoms with E-state index in [4.69, 9.17) is 27.9 Å². The summed E-state index contributed by atoms with van der Waals surface area (Å²) in [6, 6.07) is 18.0. The van der Waals surface area contributed by atoms with Gasteiger partial charge in [0, 0.05) is 23.5 Å². The standard InChI is InChI=1S/C21H17Cl2N5O2/c22-16-5-3-4-15(12-16)13-27-11-9-20(26-27)24-21(29)18-8-10-28(25-18)14-30-19-7-2-1-6-17(19)23/h1-12H,13-14H2,(H,24,26,29). The number of para-hydroxylation sites is 1. The minimum Gasteiger partial charge on any atom is -0.470 e. The highest BCUT2D eigenvalue weighted by Gasteiger charge is 2.12. The van der Waals surface area contributed by atoms with Gasteiger partial charge in [0.2, 0.25) is 0 Å². The van der Waals surface area contributed by atoms with Gasteiger partial charge in [-0.15, -0.1) is 0 Å². The summed E-state index contributed by atoms with van der Waals surface area (Å²) < 4.78 is 8.84. The van der Waals surface area contributed by atoms with Crippen LogP contribution in [0.5, 0.6) is 5.75 Å². The second-order valence-corrected chi connectivity index (χ2v) is 7.27. The number of aromatic nitrogens is 4. The van der Waals surface area contributed by atoms with Crippen LogP contribution in [-0.2, 0) is 13.3 Å². The topological polar surface area (TPSA) is 74.0 Å². The molecule has 152 valence electrons. The normalized spacial score (nSPS) is 10.7. The molecule has 9 heteroatoms. The van der Waals surface area contributed by atoms with E-state index in [1.54, 1.807) is 41.3 Å². The van der Waals surface area contributed by atoms with E-state index in [-0.39, 0.29) is 18.3 Å². The molecule has 0 aliphatic rings. The van der Waals surface area contributed by atoms with Crippen LogP contribution in [-0.4, -0.2) is 25.5 Å². The predicted molar refractivity (Wildman–Crippen MR) is 115 cm³/mol. The van der Waals surface area contributed by atoms with Crippen LogP contribution < -0.4 is 10.1 Å². The van der Waals surface area contributed by atoms with Gasteiger partial charge in [-0.2, -0.15) is 10.2 Å². The monoisotopic (exact) mass is 441 g/mol. The van der Waals surface area contributed by atoms with Crippen LogP contribution in [0.25, 0.3) is 0 Å². The van der Waals surface area contributed by atoms with Crippen molar-refractivity contribution in [1.29, 1.82) is 0 Å². The van der Waals surface area contributed by atoms with Crippen LogP contribution in [0, 0.1) is 0 Å². The summed E-state index contributed by atoms with van der Waals surface area (Å²) in [4.78, 5) is 12.5. The van der Waals surface area contributed by atoms with E-state index >= 15 is 0 Å². The molecule has 1 amide bonds. The lowest BCUT2D eigenvalue weighted by Crippen LogP contribution is -2.15. The van der Waals surface area contributed by atoms with E-state index in [1.165, 1.54) is 4.68 Å². The number of carbonyl (C=O) groups is 1. The lowest BCUT2D eigenvalue weighted by molar-refractivity contribution is 0.101. The first-order chi connectivity index (χ1) is 14.6. The fourth-order valence-corrected chi connectivity index (χ4v) is 3.17. The number of hydrogen-bond donors (Lipinski definition) is 1. The molecule has 7 nitrogen and oxygen atoms in total. The number of anilines is 1. The van der Waals surface area contributed by atoms with Gasteiger partial charge in [0.1, 0.15) is 5.75 Å². The highest BCUT2D eigenvalue weighted by Crippen LogP contribution is 2.23. The minimum atomic E-state index is -0.362. The number of hydrogen-bond acceptors (Lipinski definition) is 4. The second kappa shape index (κ2) is 9.02. The Hall–Kier alpha value is -3.29. The molecule has 0 aliphatic heterocycles. The number of nitrogens with one attached hydrogen (secondary N) is 1. The van der Waals surface area contributed by atoms with Crippen molar-refractivity contribution in [2.24, 2.45) is 0 Å². The molecule has 4 aromatic rings. The maximum absolute atomic E-state index is 12.5. The Labute approximate surface area is 182 Å². The summed E-state index contributed by atoms with van der Waals surface area (Å²) in [5.41, 5.74) is 1.27. The third-order valence-corrected chi connectivity index (χ3v) is 4.73. The van der Waals surface area contributed by atoms with Crippen LogP contribution in [0.15, 0.2) is 73.1 Å². The number of amides is 1. The molecule has 0 fully saturated rings. The maximum Gasteiger partial charge on any atom is 0.277 e. The summed E-state index contributed by atoms with van der Waals surface area (Å²) in [5.74, 6) is 0.620. The Morgan fingerprint density at radius 1 is 0.967 bits per heavy atom. The molecule has 0 aliphatic carbocycles. The molecule has 0 saturated carbocycles. The molecule has 0 spiro atoms. The first-order valence-corrected chi connectivity index (χ1v) is 9.82. The molecule has 4 rings (SSSR count). The average Bonchev–Trinajstić information content (AvgIpc) is 3.37. The van der Waals surface area contributed by atoms with Gasteiger partial charge in [0.05, 0.1) is 11.6 Å². The van der Waals surface area contributed by atoms with E-state index < -0.39 is 0 Å². The van der Waals surface area contributed by atoms with Crippen molar-refractivity contribution in [3.8, 4) is 5.75 Å². The lowest BCUT2D eigenvalue weighted by atomic mass is 10.2. The van der Waals surface area contributed by atoms with E-state index in [0.717, 1.165) is 5.56 Å². The van der Waals surface area contributed by atoms with Gasteiger partial charge in [-0.1, -0.05) is 47.5 Å². The molecule has 0 unspecified atom stereocenters. The number of ether oxygens (including phenoxy) is 1. The van der Waals surface area contributed by atoms with E-state index in [9.17, 15) is 4.79 Å². The SMILES string of the molecule is O=C(Nc1ccn(Cc2cccc(Cl)c2)n1)c1ccn(COc2ccccc2Cl)n1. The van der Waals surface area contributed by atoms with Gasteiger partial charge < -0.3 is 10.1 Å². The van der Waals surface area contributed by atoms with Crippen molar-refractivity contribution in [3.05, 3.63) is 94.4 Å². The van der Waals surface area contributed by atoms with Crippen molar-refractivity contribution in [1.82, 2.24) is 19.6 Å². The number of halogens is 2. The highest BCUT2D eigenvalue weighted by molar-refractivity contribution is 6.32. The van der Waals surface area contributed by atoms with Crippen molar-refractivity contribution in [2.45, 2.75) is 13.3 Å². The van der Waals surface area contributed by atoms with Gasteiger partial charge in [-0.3, -0.25) is 9.48 Å². The van der Waals surface area contributed by atoms with Crippen LogP contribution >= 0.6 is 23.2 Å². The summed E-state index contributed by atoms with van der Waals surface area (Å²) in [5, 5.41) is 12.5. The number of rotatable bonds is 7. The van der Waals surface area contributed by atoms with Gasteiger partial charge in [-0.05, 0) is 35.9 Å². The Morgan fingerprint density at radius 2 is 1.80 bits per heavy atom. The van der Waals surface area contributed by atoms with Gasteiger partial charge in [-0.25, -0.2) is 4.68 Å². The largest absolute Gasteiger partial charge is 0.470 e. The molecule has 2 aromatic heterocycles. The fraction of sp³-hybridized carbons (Fsp3) is 0.0952. The van der Waals surface area contributed by atoms with Crippen LogP contribution in [0.4, 0.5) is 5.82 Å². The maximum atomic E-state index is 12.5. The fourth-order valence-electron chi connectivity index (χ4n) is 2.77. The molecular weight excluding hydrogens is 425 g/mol. The van der Waals surface area contributed by atoms with Crippen molar-refractivity contribution < 1.29 is 9.53 Å². The van der Waals surface area contributed by atoms with E-state index in [2.05, 4.69) is 15.5 Å². The number of nitrogens with zero attached hydrogens (tertiary/aromatic N) is 4. The number of carbonyl (C=O) groups excluding carboxylic acids is 1. The molecule has 1 N–H and O–H groups in total. The third-order valence-electron chi connectivity index (χ3n) is 4.18. The zero-order valence-corrected chi connectivity index (χ0v) is 17.2. The average molecular weight is 442 g/mol. The lowest BCUT2D eigenvalue weighted by Gasteiger charge is -2.07.